The van der Waals surface area contributed by atoms with Crippen molar-refractivity contribution in [3.63, 3.8) is 0 Å². The van der Waals surface area contributed by atoms with Crippen LogP contribution in [0, 0.1) is 12.3 Å². The number of nitrogens with one attached hydrogen (secondary N) is 1. The molecule has 1 unspecified atom stereocenters. The second-order valence-electron chi connectivity index (χ2n) is 4.56. The number of nitrogens with two attached hydrogens (primary N) is 1. The standard InChI is InChI=1S/C13H19BrN2O/c1-4-13(3,8-15)12(17)16-11-6-5-9(2)7-10(11)14/h5-7H,4,8,15H2,1-3H3,(H,16,17). The first-order valence-corrected chi connectivity index (χ1v) is 6.50. The molecule has 0 saturated carbocycles. The van der Waals surface area contributed by atoms with Crippen molar-refractivity contribution in [2.75, 3.05) is 11.9 Å². The Kier molecular flexibility index (Phi) is 4.71. The molecule has 0 saturated heterocycles. The molecule has 0 heterocycles. The summed E-state index contributed by atoms with van der Waals surface area (Å²) in [5.74, 6) is -0.0351. The van der Waals surface area contributed by atoms with Crippen LogP contribution in [-0.4, -0.2) is 12.5 Å². The van der Waals surface area contributed by atoms with Gasteiger partial charge in [0.2, 0.25) is 5.91 Å². The Balaban J connectivity index is 2.88. The van der Waals surface area contributed by atoms with Gasteiger partial charge in [-0.3, -0.25) is 4.79 Å². The molecule has 0 fully saturated rings. The molecule has 1 aromatic carbocycles. The molecule has 4 heteroatoms. The summed E-state index contributed by atoms with van der Waals surface area (Å²) in [5.41, 5.74) is 7.08. The largest absolute Gasteiger partial charge is 0.329 e. The van der Waals surface area contributed by atoms with Crippen molar-refractivity contribution < 1.29 is 4.79 Å². The van der Waals surface area contributed by atoms with E-state index in [1.54, 1.807) is 0 Å². The van der Waals surface area contributed by atoms with Crippen molar-refractivity contribution in [3.05, 3.63) is 28.2 Å². The molecule has 0 bridgehead atoms. The SMILES string of the molecule is CCC(C)(CN)C(=O)Nc1ccc(C)cc1Br. The van der Waals surface area contributed by atoms with Crippen molar-refractivity contribution in [1.82, 2.24) is 0 Å². The van der Waals surface area contributed by atoms with Gasteiger partial charge in [-0.15, -0.1) is 0 Å². The van der Waals surface area contributed by atoms with Crippen LogP contribution in [0.1, 0.15) is 25.8 Å². The number of benzene rings is 1. The molecular formula is C13H19BrN2O. The summed E-state index contributed by atoms with van der Waals surface area (Å²) < 4.78 is 0.890. The summed E-state index contributed by atoms with van der Waals surface area (Å²) in [7, 11) is 0. The lowest BCUT2D eigenvalue weighted by Crippen LogP contribution is -2.39. The van der Waals surface area contributed by atoms with Gasteiger partial charge in [-0.05, 0) is 53.9 Å². The molecule has 0 radical (unpaired) electrons. The molecule has 94 valence electrons. The maximum Gasteiger partial charge on any atom is 0.231 e. The zero-order valence-corrected chi connectivity index (χ0v) is 12.1. The highest BCUT2D eigenvalue weighted by Gasteiger charge is 2.29. The molecule has 0 aliphatic rings. The quantitative estimate of drug-likeness (QED) is 0.897. The molecule has 17 heavy (non-hydrogen) atoms. The fraction of sp³-hybridized carbons (Fsp3) is 0.462. The Bertz CT molecular complexity index is 414. The van der Waals surface area contributed by atoms with Crippen LogP contribution in [0.4, 0.5) is 5.69 Å². The molecule has 1 atom stereocenters. The monoisotopic (exact) mass is 298 g/mol. The summed E-state index contributed by atoms with van der Waals surface area (Å²) in [6.07, 6.45) is 0.721. The average molecular weight is 299 g/mol. The number of halogens is 1. The van der Waals surface area contributed by atoms with Gasteiger partial charge < -0.3 is 11.1 Å². The van der Waals surface area contributed by atoms with Gasteiger partial charge in [-0.1, -0.05) is 13.0 Å². The van der Waals surface area contributed by atoms with Crippen LogP contribution in [0.2, 0.25) is 0 Å². The summed E-state index contributed by atoms with van der Waals surface area (Å²) in [4.78, 5) is 12.1. The molecular weight excluding hydrogens is 280 g/mol. The Hall–Kier alpha value is -0.870. The van der Waals surface area contributed by atoms with E-state index in [0.29, 0.717) is 6.54 Å². The first-order valence-electron chi connectivity index (χ1n) is 5.70. The van der Waals surface area contributed by atoms with Gasteiger partial charge in [0.1, 0.15) is 0 Å². The Morgan fingerprint density at radius 3 is 2.65 bits per heavy atom. The molecule has 0 aliphatic carbocycles. The zero-order chi connectivity index (χ0) is 13.1. The second-order valence-corrected chi connectivity index (χ2v) is 5.41. The lowest BCUT2D eigenvalue weighted by molar-refractivity contribution is -0.124. The second kappa shape index (κ2) is 5.65. The van der Waals surface area contributed by atoms with Crippen LogP contribution in [0.5, 0.6) is 0 Å². The summed E-state index contributed by atoms with van der Waals surface area (Å²) >= 11 is 3.44. The highest BCUT2D eigenvalue weighted by atomic mass is 79.9. The number of rotatable bonds is 4. The van der Waals surface area contributed by atoms with Crippen LogP contribution < -0.4 is 11.1 Å². The van der Waals surface area contributed by atoms with Crippen LogP contribution in [0.3, 0.4) is 0 Å². The van der Waals surface area contributed by atoms with Gasteiger partial charge in [0.25, 0.3) is 0 Å². The third-order valence-electron chi connectivity index (χ3n) is 3.15. The molecule has 0 spiro atoms. The van der Waals surface area contributed by atoms with Gasteiger partial charge in [0, 0.05) is 11.0 Å². The highest BCUT2D eigenvalue weighted by molar-refractivity contribution is 9.10. The molecule has 3 N–H and O–H groups in total. The molecule has 0 aliphatic heterocycles. The van der Waals surface area contributed by atoms with E-state index in [1.807, 2.05) is 39.0 Å². The molecule has 1 amide bonds. The number of carbonyl (C=O) groups is 1. The van der Waals surface area contributed by atoms with Crippen molar-refractivity contribution in [1.29, 1.82) is 0 Å². The number of carbonyl (C=O) groups excluding carboxylic acids is 1. The number of hydrogen-bond acceptors (Lipinski definition) is 2. The van der Waals surface area contributed by atoms with Gasteiger partial charge in [-0.25, -0.2) is 0 Å². The molecule has 0 aromatic heterocycles. The zero-order valence-electron chi connectivity index (χ0n) is 10.5. The maximum absolute atomic E-state index is 12.1. The number of aryl methyl sites for hydroxylation is 1. The van der Waals surface area contributed by atoms with Gasteiger partial charge in [0.05, 0.1) is 11.1 Å². The van der Waals surface area contributed by atoms with Crippen molar-refractivity contribution in [2.24, 2.45) is 11.1 Å². The van der Waals surface area contributed by atoms with Crippen LogP contribution in [-0.2, 0) is 4.79 Å². The Morgan fingerprint density at radius 1 is 1.53 bits per heavy atom. The van der Waals surface area contributed by atoms with E-state index in [9.17, 15) is 4.79 Å². The van der Waals surface area contributed by atoms with E-state index < -0.39 is 5.41 Å². The smallest absolute Gasteiger partial charge is 0.231 e. The average Bonchev–Trinajstić information content (AvgIpc) is 2.31. The minimum atomic E-state index is -0.510. The minimum absolute atomic E-state index is 0.0351. The number of amides is 1. The molecule has 1 aromatic rings. The maximum atomic E-state index is 12.1. The Morgan fingerprint density at radius 2 is 2.18 bits per heavy atom. The topological polar surface area (TPSA) is 55.1 Å². The molecule has 1 rings (SSSR count). The van der Waals surface area contributed by atoms with Gasteiger partial charge >= 0.3 is 0 Å². The third kappa shape index (κ3) is 3.30. The van der Waals surface area contributed by atoms with Crippen molar-refractivity contribution in [3.8, 4) is 0 Å². The fourth-order valence-corrected chi connectivity index (χ4v) is 1.98. The van der Waals surface area contributed by atoms with E-state index in [0.717, 1.165) is 22.1 Å². The predicted molar refractivity (Wildman–Crippen MR) is 75.0 cm³/mol. The fourth-order valence-electron chi connectivity index (χ4n) is 1.39. The van der Waals surface area contributed by atoms with E-state index in [1.165, 1.54) is 0 Å². The first kappa shape index (κ1) is 14.2. The Labute approximate surface area is 111 Å². The summed E-state index contributed by atoms with van der Waals surface area (Å²) in [6, 6.07) is 5.83. The lowest BCUT2D eigenvalue weighted by Gasteiger charge is -2.25. The van der Waals surface area contributed by atoms with E-state index >= 15 is 0 Å². The van der Waals surface area contributed by atoms with Crippen molar-refractivity contribution >= 4 is 27.5 Å². The van der Waals surface area contributed by atoms with Gasteiger partial charge in [-0.2, -0.15) is 0 Å². The van der Waals surface area contributed by atoms with E-state index in [-0.39, 0.29) is 5.91 Å². The van der Waals surface area contributed by atoms with E-state index in [4.69, 9.17) is 5.73 Å². The highest BCUT2D eigenvalue weighted by Crippen LogP contribution is 2.27. The van der Waals surface area contributed by atoms with Crippen LogP contribution in [0.25, 0.3) is 0 Å². The predicted octanol–water partition coefficient (Wildman–Crippen LogP) is 3.07. The lowest BCUT2D eigenvalue weighted by atomic mass is 9.86. The first-order chi connectivity index (χ1) is 7.92. The van der Waals surface area contributed by atoms with Gasteiger partial charge in [0.15, 0.2) is 0 Å². The number of anilines is 1. The summed E-state index contributed by atoms with van der Waals surface area (Å²) in [6.45, 7) is 6.20. The van der Waals surface area contributed by atoms with E-state index in [2.05, 4.69) is 21.2 Å². The third-order valence-corrected chi connectivity index (χ3v) is 3.81. The van der Waals surface area contributed by atoms with Crippen LogP contribution >= 0.6 is 15.9 Å². The normalized spacial score (nSPS) is 14.2. The molecule has 3 nitrogen and oxygen atoms in total. The summed E-state index contributed by atoms with van der Waals surface area (Å²) in [5, 5.41) is 2.91. The number of hydrogen-bond donors (Lipinski definition) is 2. The van der Waals surface area contributed by atoms with Crippen LogP contribution in [0.15, 0.2) is 22.7 Å². The van der Waals surface area contributed by atoms with Crippen molar-refractivity contribution in [2.45, 2.75) is 27.2 Å². The minimum Gasteiger partial charge on any atom is -0.329 e.